The van der Waals surface area contributed by atoms with Crippen molar-refractivity contribution in [3.8, 4) is 0 Å². The summed E-state index contributed by atoms with van der Waals surface area (Å²) in [5.41, 5.74) is 1.11. The van der Waals surface area contributed by atoms with E-state index in [1.165, 1.54) is 4.88 Å². The maximum Gasteiger partial charge on any atom is 0.0762 e. The summed E-state index contributed by atoms with van der Waals surface area (Å²) >= 11 is 1.82. The van der Waals surface area contributed by atoms with Crippen LogP contribution in [0.3, 0.4) is 0 Å². The van der Waals surface area contributed by atoms with Crippen molar-refractivity contribution >= 4 is 11.3 Å². The first-order valence-electron chi connectivity index (χ1n) is 6.45. The summed E-state index contributed by atoms with van der Waals surface area (Å²) in [4.78, 5) is 1.43. The fraction of sp³-hybridized carbons (Fsp3) is 0.500. The molecule has 0 spiro atoms. The van der Waals surface area contributed by atoms with Gasteiger partial charge in [-0.2, -0.15) is 5.10 Å². The highest BCUT2D eigenvalue weighted by Gasteiger charge is 2.06. The maximum absolute atomic E-state index is 4.54. The molecule has 4 heteroatoms. The fourth-order valence-electron chi connectivity index (χ4n) is 1.84. The number of hydrogen-bond acceptors (Lipinski definition) is 3. The lowest BCUT2D eigenvalue weighted by atomic mass is 10.2. The molecule has 0 bridgehead atoms. The van der Waals surface area contributed by atoms with Crippen LogP contribution in [0.2, 0.25) is 0 Å². The SMILES string of the molecule is CC(Cc1cccs1)NCc1ccn(C(C)C)n1. The predicted octanol–water partition coefficient (Wildman–Crippen LogP) is 3.25. The molecule has 0 aliphatic heterocycles. The van der Waals surface area contributed by atoms with E-state index in [9.17, 15) is 0 Å². The van der Waals surface area contributed by atoms with Gasteiger partial charge < -0.3 is 5.32 Å². The van der Waals surface area contributed by atoms with Gasteiger partial charge in [-0.05, 0) is 44.7 Å². The molecule has 2 rings (SSSR count). The summed E-state index contributed by atoms with van der Waals surface area (Å²) in [6.07, 6.45) is 3.13. The van der Waals surface area contributed by atoms with Gasteiger partial charge in [0.2, 0.25) is 0 Å². The Kier molecular flexibility index (Phi) is 4.55. The Morgan fingerprint density at radius 2 is 2.17 bits per heavy atom. The van der Waals surface area contributed by atoms with Crippen molar-refractivity contribution in [3.63, 3.8) is 0 Å². The van der Waals surface area contributed by atoms with Gasteiger partial charge >= 0.3 is 0 Å². The Labute approximate surface area is 113 Å². The highest BCUT2D eigenvalue weighted by atomic mass is 32.1. The molecule has 0 fully saturated rings. The lowest BCUT2D eigenvalue weighted by molar-refractivity contribution is 0.506. The van der Waals surface area contributed by atoms with Crippen molar-refractivity contribution in [1.82, 2.24) is 15.1 Å². The molecule has 0 saturated heterocycles. The highest BCUT2D eigenvalue weighted by Crippen LogP contribution is 2.11. The average molecular weight is 263 g/mol. The molecule has 1 N–H and O–H groups in total. The standard InChI is InChI=1S/C14H21N3S/c1-11(2)17-7-6-13(16-17)10-15-12(3)9-14-5-4-8-18-14/h4-8,11-12,15H,9-10H2,1-3H3. The van der Waals surface area contributed by atoms with Crippen LogP contribution < -0.4 is 5.32 Å². The monoisotopic (exact) mass is 263 g/mol. The number of aromatic nitrogens is 2. The molecule has 0 aromatic carbocycles. The van der Waals surface area contributed by atoms with Crippen molar-refractivity contribution in [1.29, 1.82) is 0 Å². The molecule has 2 aromatic heterocycles. The number of rotatable bonds is 6. The van der Waals surface area contributed by atoms with Crippen LogP contribution in [0.5, 0.6) is 0 Å². The van der Waals surface area contributed by atoms with Crippen LogP contribution in [0.15, 0.2) is 29.8 Å². The second-order valence-corrected chi connectivity index (χ2v) is 5.98. The Hall–Kier alpha value is -1.13. The molecule has 1 unspecified atom stereocenters. The Bertz CT molecular complexity index is 459. The van der Waals surface area contributed by atoms with Crippen molar-refractivity contribution in [2.75, 3.05) is 0 Å². The first-order chi connectivity index (χ1) is 8.65. The van der Waals surface area contributed by atoms with E-state index in [0.29, 0.717) is 12.1 Å². The number of nitrogens with zero attached hydrogens (tertiary/aromatic N) is 2. The molecule has 98 valence electrons. The van der Waals surface area contributed by atoms with Crippen LogP contribution in [0, 0.1) is 0 Å². The van der Waals surface area contributed by atoms with E-state index in [4.69, 9.17) is 0 Å². The van der Waals surface area contributed by atoms with E-state index < -0.39 is 0 Å². The minimum Gasteiger partial charge on any atom is -0.308 e. The van der Waals surface area contributed by atoms with E-state index in [2.05, 4.69) is 54.8 Å². The molecular weight excluding hydrogens is 242 g/mol. The summed E-state index contributed by atoms with van der Waals surface area (Å²) < 4.78 is 2.00. The third-order valence-electron chi connectivity index (χ3n) is 2.91. The van der Waals surface area contributed by atoms with Crippen LogP contribution in [0.4, 0.5) is 0 Å². The Morgan fingerprint density at radius 1 is 1.33 bits per heavy atom. The zero-order valence-corrected chi connectivity index (χ0v) is 12.1. The highest BCUT2D eigenvalue weighted by molar-refractivity contribution is 7.09. The van der Waals surface area contributed by atoms with Gasteiger partial charge in [-0.3, -0.25) is 4.68 Å². The van der Waals surface area contributed by atoms with E-state index in [1.54, 1.807) is 0 Å². The molecule has 0 aliphatic carbocycles. The summed E-state index contributed by atoms with van der Waals surface area (Å²) in [7, 11) is 0. The molecule has 18 heavy (non-hydrogen) atoms. The molecule has 0 saturated carbocycles. The molecule has 0 radical (unpaired) electrons. The second kappa shape index (κ2) is 6.16. The van der Waals surface area contributed by atoms with Gasteiger partial charge in [-0.15, -0.1) is 11.3 Å². The van der Waals surface area contributed by atoms with E-state index >= 15 is 0 Å². The van der Waals surface area contributed by atoms with Crippen molar-refractivity contribution in [2.45, 2.75) is 45.8 Å². The molecule has 1 atom stereocenters. The largest absolute Gasteiger partial charge is 0.308 e. The summed E-state index contributed by atoms with van der Waals surface area (Å²) in [5.74, 6) is 0. The number of nitrogens with one attached hydrogen (secondary N) is 1. The third-order valence-corrected chi connectivity index (χ3v) is 3.81. The normalized spacial score (nSPS) is 13.1. The average Bonchev–Trinajstić information content (AvgIpc) is 2.96. The zero-order valence-electron chi connectivity index (χ0n) is 11.3. The molecule has 0 amide bonds. The quantitative estimate of drug-likeness (QED) is 0.867. The van der Waals surface area contributed by atoms with E-state index in [1.807, 2.05) is 22.2 Å². The lowest BCUT2D eigenvalue weighted by Crippen LogP contribution is -2.27. The van der Waals surface area contributed by atoms with E-state index in [0.717, 1.165) is 18.7 Å². The van der Waals surface area contributed by atoms with Crippen LogP contribution in [-0.4, -0.2) is 15.8 Å². The fourth-order valence-corrected chi connectivity index (χ4v) is 2.68. The van der Waals surface area contributed by atoms with Crippen LogP contribution in [0.25, 0.3) is 0 Å². The van der Waals surface area contributed by atoms with Crippen LogP contribution in [-0.2, 0) is 13.0 Å². The van der Waals surface area contributed by atoms with Gasteiger partial charge in [-0.1, -0.05) is 6.07 Å². The Morgan fingerprint density at radius 3 is 2.78 bits per heavy atom. The summed E-state index contributed by atoms with van der Waals surface area (Å²) in [5, 5.41) is 10.2. The first-order valence-corrected chi connectivity index (χ1v) is 7.33. The second-order valence-electron chi connectivity index (χ2n) is 4.95. The van der Waals surface area contributed by atoms with Crippen LogP contribution in [0.1, 0.15) is 37.4 Å². The van der Waals surface area contributed by atoms with Gasteiger partial charge in [0, 0.05) is 29.7 Å². The van der Waals surface area contributed by atoms with Gasteiger partial charge in [0.15, 0.2) is 0 Å². The maximum atomic E-state index is 4.54. The number of hydrogen-bond donors (Lipinski definition) is 1. The third kappa shape index (κ3) is 3.68. The molecule has 2 aromatic rings. The smallest absolute Gasteiger partial charge is 0.0762 e. The predicted molar refractivity (Wildman–Crippen MR) is 76.9 cm³/mol. The van der Waals surface area contributed by atoms with Gasteiger partial charge in [0.25, 0.3) is 0 Å². The lowest BCUT2D eigenvalue weighted by Gasteiger charge is -2.11. The molecule has 0 aliphatic rings. The minimum atomic E-state index is 0.433. The van der Waals surface area contributed by atoms with Gasteiger partial charge in [-0.25, -0.2) is 0 Å². The van der Waals surface area contributed by atoms with Crippen molar-refractivity contribution in [2.24, 2.45) is 0 Å². The number of thiophene rings is 1. The molecule has 2 heterocycles. The van der Waals surface area contributed by atoms with Crippen LogP contribution >= 0.6 is 11.3 Å². The van der Waals surface area contributed by atoms with E-state index in [-0.39, 0.29) is 0 Å². The first kappa shape index (κ1) is 13.3. The Balaban J connectivity index is 1.79. The van der Waals surface area contributed by atoms with Gasteiger partial charge in [0.05, 0.1) is 5.69 Å². The molecule has 3 nitrogen and oxygen atoms in total. The topological polar surface area (TPSA) is 29.9 Å². The summed E-state index contributed by atoms with van der Waals surface area (Å²) in [6.45, 7) is 7.35. The summed E-state index contributed by atoms with van der Waals surface area (Å²) in [6, 6.07) is 7.30. The van der Waals surface area contributed by atoms with Crippen molar-refractivity contribution < 1.29 is 0 Å². The van der Waals surface area contributed by atoms with Crippen molar-refractivity contribution in [3.05, 3.63) is 40.3 Å². The molecular formula is C14H21N3S. The van der Waals surface area contributed by atoms with Gasteiger partial charge in [0.1, 0.15) is 0 Å². The zero-order chi connectivity index (χ0) is 13.0. The minimum absolute atomic E-state index is 0.433.